The van der Waals surface area contributed by atoms with E-state index in [-0.39, 0.29) is 17.2 Å². The number of nitrogens with zero attached hydrogens (tertiary/aromatic N) is 2. The zero-order valence-corrected chi connectivity index (χ0v) is 15.2. The van der Waals surface area contributed by atoms with Gasteiger partial charge in [-0.1, -0.05) is 30.3 Å². The Labute approximate surface area is 158 Å². The van der Waals surface area contributed by atoms with Crippen molar-refractivity contribution in [3.8, 4) is 0 Å². The molecular weight excluding hydrogens is 345 g/mol. The minimum absolute atomic E-state index is 0.109. The lowest BCUT2D eigenvalue weighted by Gasteiger charge is -2.36. The van der Waals surface area contributed by atoms with Crippen molar-refractivity contribution in [2.75, 3.05) is 36.4 Å². The third-order valence-electron chi connectivity index (χ3n) is 4.47. The lowest BCUT2D eigenvalue weighted by molar-refractivity contribution is -0.119. The first-order chi connectivity index (χ1) is 13.0. The van der Waals surface area contributed by atoms with Gasteiger partial charge < -0.3 is 15.1 Å². The molecule has 0 saturated carbocycles. The Bertz CT molecular complexity index is 844. The molecule has 5 nitrogen and oxygen atoms in total. The van der Waals surface area contributed by atoms with Crippen molar-refractivity contribution in [2.24, 2.45) is 0 Å². The number of amides is 1. The Morgan fingerprint density at radius 3 is 2.22 bits per heavy atom. The Hall–Kier alpha value is -3.15. The first-order valence-electron chi connectivity index (χ1n) is 8.87. The van der Waals surface area contributed by atoms with E-state index < -0.39 is 5.91 Å². The molecule has 0 aromatic heterocycles. The summed E-state index contributed by atoms with van der Waals surface area (Å²) in [6.45, 7) is 3.81. The number of ketones is 1. The molecule has 140 valence electrons. The van der Waals surface area contributed by atoms with Gasteiger partial charge >= 0.3 is 0 Å². The Kier molecular flexibility index (Phi) is 5.86. The van der Waals surface area contributed by atoms with Gasteiger partial charge in [0, 0.05) is 38.1 Å². The fourth-order valence-corrected chi connectivity index (χ4v) is 3.01. The Morgan fingerprint density at radius 2 is 1.59 bits per heavy atom. The maximum atomic E-state index is 13.9. The topological polar surface area (TPSA) is 52.7 Å². The highest BCUT2D eigenvalue weighted by Gasteiger charge is 2.21. The maximum absolute atomic E-state index is 13.9. The highest BCUT2D eigenvalue weighted by Crippen LogP contribution is 2.20. The highest BCUT2D eigenvalue weighted by atomic mass is 19.1. The summed E-state index contributed by atoms with van der Waals surface area (Å²) in [4.78, 5) is 28.3. The van der Waals surface area contributed by atoms with Crippen molar-refractivity contribution in [2.45, 2.75) is 6.92 Å². The smallest absolute Gasteiger partial charge is 0.260 e. The number of rotatable bonds is 5. The molecule has 0 aliphatic carbocycles. The van der Waals surface area contributed by atoms with Gasteiger partial charge in [0.05, 0.1) is 11.3 Å². The van der Waals surface area contributed by atoms with Crippen LogP contribution in [0, 0.1) is 5.82 Å². The molecule has 1 saturated heterocycles. The molecule has 6 heteroatoms. The lowest BCUT2D eigenvalue weighted by Crippen LogP contribution is -2.45. The predicted octanol–water partition coefficient (Wildman–Crippen LogP) is 3.06. The molecule has 1 aliphatic rings. The van der Waals surface area contributed by atoms with Gasteiger partial charge in [-0.2, -0.15) is 0 Å². The van der Waals surface area contributed by atoms with Crippen LogP contribution in [0.4, 0.5) is 15.8 Å². The number of benzene rings is 2. The van der Waals surface area contributed by atoms with Gasteiger partial charge in [-0.3, -0.25) is 9.59 Å². The summed E-state index contributed by atoms with van der Waals surface area (Å²) >= 11 is 0. The summed E-state index contributed by atoms with van der Waals surface area (Å²) in [6, 6.07) is 15.7. The molecule has 1 N–H and O–H groups in total. The first-order valence-corrected chi connectivity index (χ1v) is 8.87. The SMILES string of the molecule is CC(=O)C(=CN1CCN(c2ccccc2F)CC1)C(=O)Nc1ccccc1. The molecule has 3 rings (SSSR count). The zero-order chi connectivity index (χ0) is 19.2. The van der Waals surface area contributed by atoms with Crippen LogP contribution in [0.2, 0.25) is 0 Å². The Morgan fingerprint density at radius 1 is 0.963 bits per heavy atom. The van der Waals surface area contributed by atoms with E-state index in [1.807, 2.05) is 34.1 Å². The van der Waals surface area contributed by atoms with Crippen molar-refractivity contribution >= 4 is 23.1 Å². The number of halogens is 1. The van der Waals surface area contributed by atoms with Gasteiger partial charge in [-0.05, 0) is 31.2 Å². The van der Waals surface area contributed by atoms with E-state index in [1.165, 1.54) is 13.0 Å². The van der Waals surface area contributed by atoms with Crippen LogP contribution in [0.1, 0.15) is 6.92 Å². The Balaban J connectivity index is 1.66. The van der Waals surface area contributed by atoms with Crippen LogP contribution < -0.4 is 10.2 Å². The number of anilines is 2. The standard InChI is InChI=1S/C21H22FN3O2/c1-16(26)18(21(27)23-17-7-3-2-4-8-17)15-24-11-13-25(14-12-24)20-10-6-5-9-19(20)22/h2-10,15H,11-14H2,1H3,(H,23,27). The number of para-hydroxylation sites is 2. The van der Waals surface area contributed by atoms with Crippen LogP contribution in [-0.4, -0.2) is 42.8 Å². The molecule has 2 aromatic rings. The maximum Gasteiger partial charge on any atom is 0.260 e. The third-order valence-corrected chi connectivity index (χ3v) is 4.47. The lowest BCUT2D eigenvalue weighted by atomic mass is 10.1. The monoisotopic (exact) mass is 367 g/mol. The molecule has 1 heterocycles. The number of piperazine rings is 1. The highest BCUT2D eigenvalue weighted by molar-refractivity contribution is 6.22. The number of nitrogens with one attached hydrogen (secondary N) is 1. The third kappa shape index (κ3) is 4.73. The van der Waals surface area contributed by atoms with Crippen LogP contribution in [0.15, 0.2) is 66.4 Å². The summed E-state index contributed by atoms with van der Waals surface area (Å²) in [5.74, 6) is -0.960. The molecular formula is C21H22FN3O2. The fraction of sp³-hybridized carbons (Fsp3) is 0.238. The summed E-state index contributed by atoms with van der Waals surface area (Å²) in [5, 5.41) is 2.74. The zero-order valence-electron chi connectivity index (χ0n) is 15.2. The number of carbonyl (C=O) groups is 2. The van der Waals surface area contributed by atoms with E-state index in [9.17, 15) is 14.0 Å². The molecule has 0 spiro atoms. The van der Waals surface area contributed by atoms with E-state index in [0.717, 1.165) is 0 Å². The van der Waals surface area contributed by atoms with Crippen LogP contribution in [0.25, 0.3) is 0 Å². The first kappa shape index (κ1) is 18.6. The molecule has 1 fully saturated rings. The normalized spacial score (nSPS) is 14.8. The van der Waals surface area contributed by atoms with Crippen molar-refractivity contribution in [1.82, 2.24) is 4.90 Å². The van der Waals surface area contributed by atoms with Crippen LogP contribution >= 0.6 is 0 Å². The van der Waals surface area contributed by atoms with Gasteiger partial charge in [0.1, 0.15) is 5.82 Å². The molecule has 0 unspecified atom stereocenters. The molecule has 0 radical (unpaired) electrons. The van der Waals surface area contributed by atoms with Gasteiger partial charge in [0.15, 0.2) is 5.78 Å². The summed E-state index contributed by atoms with van der Waals surface area (Å²) in [7, 11) is 0. The molecule has 1 aliphatic heterocycles. The minimum atomic E-state index is -0.426. The van der Waals surface area contributed by atoms with E-state index in [2.05, 4.69) is 5.32 Å². The number of hydrogen-bond donors (Lipinski definition) is 1. The van der Waals surface area contributed by atoms with E-state index in [4.69, 9.17) is 0 Å². The molecule has 0 atom stereocenters. The largest absolute Gasteiger partial charge is 0.373 e. The summed E-state index contributed by atoms with van der Waals surface area (Å²) in [5.41, 5.74) is 1.33. The number of hydrogen-bond acceptors (Lipinski definition) is 4. The molecule has 0 bridgehead atoms. The van der Waals surface area contributed by atoms with Gasteiger partial charge in [-0.25, -0.2) is 4.39 Å². The number of carbonyl (C=O) groups excluding carboxylic acids is 2. The van der Waals surface area contributed by atoms with Gasteiger partial charge in [0.2, 0.25) is 0 Å². The van der Waals surface area contributed by atoms with E-state index >= 15 is 0 Å². The van der Waals surface area contributed by atoms with E-state index in [0.29, 0.717) is 37.6 Å². The van der Waals surface area contributed by atoms with Crippen LogP contribution in [0.5, 0.6) is 0 Å². The second-order valence-electron chi connectivity index (χ2n) is 6.39. The average molecular weight is 367 g/mol. The molecule has 2 aromatic carbocycles. The van der Waals surface area contributed by atoms with Gasteiger partial charge in [-0.15, -0.1) is 0 Å². The van der Waals surface area contributed by atoms with Gasteiger partial charge in [0.25, 0.3) is 5.91 Å². The second kappa shape index (κ2) is 8.49. The fourth-order valence-electron chi connectivity index (χ4n) is 3.01. The molecule has 27 heavy (non-hydrogen) atoms. The van der Waals surface area contributed by atoms with Crippen LogP contribution in [-0.2, 0) is 9.59 Å². The average Bonchev–Trinajstić information content (AvgIpc) is 2.67. The summed E-state index contributed by atoms with van der Waals surface area (Å²) in [6.07, 6.45) is 1.61. The van der Waals surface area contributed by atoms with E-state index in [1.54, 1.807) is 30.5 Å². The second-order valence-corrected chi connectivity index (χ2v) is 6.39. The van der Waals surface area contributed by atoms with Crippen molar-refractivity contribution in [3.05, 3.63) is 72.2 Å². The van der Waals surface area contributed by atoms with Crippen LogP contribution in [0.3, 0.4) is 0 Å². The van der Waals surface area contributed by atoms with Crippen molar-refractivity contribution in [1.29, 1.82) is 0 Å². The summed E-state index contributed by atoms with van der Waals surface area (Å²) < 4.78 is 13.9. The van der Waals surface area contributed by atoms with Crippen molar-refractivity contribution < 1.29 is 14.0 Å². The number of Topliss-reactive ketones (excluding diaryl/α,β-unsaturated/α-hetero) is 1. The quantitative estimate of drug-likeness (QED) is 0.501. The van der Waals surface area contributed by atoms with Crippen molar-refractivity contribution in [3.63, 3.8) is 0 Å². The predicted molar refractivity (Wildman–Crippen MR) is 104 cm³/mol. The minimum Gasteiger partial charge on any atom is -0.373 e. The molecule has 1 amide bonds.